The van der Waals surface area contributed by atoms with Gasteiger partial charge in [0.15, 0.2) is 0 Å². The van der Waals surface area contributed by atoms with Gasteiger partial charge in [0.25, 0.3) is 12.0 Å². The Morgan fingerprint density at radius 3 is 2.50 bits per heavy atom. The zero-order valence-corrected chi connectivity index (χ0v) is 6.55. The van der Waals surface area contributed by atoms with Crippen LogP contribution in [0.4, 0.5) is 13.2 Å². The van der Waals surface area contributed by atoms with E-state index in [-0.39, 0.29) is 6.07 Å². The summed E-state index contributed by atoms with van der Waals surface area (Å²) in [6.45, 7) is 0. The van der Waals surface area contributed by atoms with Crippen molar-refractivity contribution in [1.29, 1.82) is 0 Å². The van der Waals surface area contributed by atoms with E-state index in [1.165, 1.54) is 4.98 Å². The molecule has 0 amide bonds. The third-order valence-corrected chi connectivity index (χ3v) is 1.47. The van der Waals surface area contributed by atoms with Crippen LogP contribution in [0.25, 0.3) is 0 Å². The van der Waals surface area contributed by atoms with Crippen LogP contribution in [0.1, 0.15) is 22.5 Å². The number of hydrogen-bond donors (Lipinski definition) is 2. The van der Waals surface area contributed by atoms with Crippen LogP contribution in [0.5, 0.6) is 0 Å². The van der Waals surface area contributed by atoms with E-state index in [0.717, 1.165) is 0 Å². The quantitative estimate of drug-likeness (QED) is 0.764. The van der Waals surface area contributed by atoms with E-state index in [1.807, 2.05) is 0 Å². The Bertz CT molecular complexity index is 427. The maximum atomic E-state index is 12.7. The molecule has 0 saturated heterocycles. The first kappa shape index (κ1) is 10.3. The number of carboxylic acid groups (broad SMARTS) is 1. The molecular weight excluding hydrogens is 203 g/mol. The fourth-order valence-electron chi connectivity index (χ4n) is 0.837. The highest BCUT2D eigenvalue weighted by molar-refractivity contribution is 5.87. The predicted molar refractivity (Wildman–Crippen MR) is 38.9 cm³/mol. The molecule has 0 fully saturated rings. The van der Waals surface area contributed by atoms with E-state index in [2.05, 4.69) is 0 Å². The first-order valence-electron chi connectivity index (χ1n) is 3.37. The Morgan fingerprint density at radius 1 is 1.50 bits per heavy atom. The molecule has 0 aliphatic rings. The van der Waals surface area contributed by atoms with E-state index < -0.39 is 35.0 Å². The summed E-state index contributed by atoms with van der Waals surface area (Å²) in [5.74, 6) is -3.12. The van der Waals surface area contributed by atoms with Gasteiger partial charge in [-0.25, -0.2) is 18.0 Å². The van der Waals surface area contributed by atoms with Gasteiger partial charge < -0.3 is 10.1 Å². The number of alkyl halides is 2. The Balaban J connectivity index is 3.39. The standard InChI is InChI=1S/C7H4F3NO3/c8-3-1-2(7(13)14)6(12)11-4(3)5(9)10/h1,5H,(H,11,12)(H,13,14). The number of carbonyl (C=O) groups is 1. The first-order valence-corrected chi connectivity index (χ1v) is 3.37. The van der Waals surface area contributed by atoms with Crippen molar-refractivity contribution in [3.63, 3.8) is 0 Å². The highest BCUT2D eigenvalue weighted by atomic mass is 19.3. The normalized spacial score (nSPS) is 10.6. The maximum absolute atomic E-state index is 12.7. The molecule has 2 N–H and O–H groups in total. The molecule has 4 nitrogen and oxygen atoms in total. The molecule has 0 aliphatic carbocycles. The van der Waals surface area contributed by atoms with Gasteiger partial charge >= 0.3 is 5.97 Å². The molecule has 0 spiro atoms. The molecular formula is C7H4F3NO3. The van der Waals surface area contributed by atoms with E-state index >= 15 is 0 Å². The fourth-order valence-corrected chi connectivity index (χ4v) is 0.837. The van der Waals surface area contributed by atoms with Gasteiger partial charge in [-0.3, -0.25) is 4.79 Å². The summed E-state index contributed by atoms with van der Waals surface area (Å²) in [4.78, 5) is 22.5. The van der Waals surface area contributed by atoms with Gasteiger partial charge in [-0.1, -0.05) is 0 Å². The second-order valence-corrected chi connectivity index (χ2v) is 2.38. The number of rotatable bonds is 2. The topological polar surface area (TPSA) is 70.2 Å². The summed E-state index contributed by atoms with van der Waals surface area (Å²) in [7, 11) is 0. The van der Waals surface area contributed by atoms with Crippen LogP contribution < -0.4 is 5.56 Å². The van der Waals surface area contributed by atoms with E-state index in [0.29, 0.717) is 0 Å². The molecule has 7 heteroatoms. The molecule has 0 atom stereocenters. The lowest BCUT2D eigenvalue weighted by Gasteiger charge is -2.01. The van der Waals surface area contributed by atoms with Crippen molar-refractivity contribution in [1.82, 2.24) is 4.98 Å². The lowest BCUT2D eigenvalue weighted by molar-refractivity contribution is 0.0693. The van der Waals surface area contributed by atoms with Crippen LogP contribution in [0.15, 0.2) is 10.9 Å². The number of aromatic amines is 1. The third-order valence-electron chi connectivity index (χ3n) is 1.47. The average Bonchev–Trinajstić information content (AvgIpc) is 2.07. The van der Waals surface area contributed by atoms with Crippen molar-refractivity contribution < 1.29 is 23.1 Å². The van der Waals surface area contributed by atoms with Gasteiger partial charge in [-0.2, -0.15) is 0 Å². The third kappa shape index (κ3) is 1.76. The Morgan fingerprint density at radius 2 is 2.07 bits per heavy atom. The van der Waals surface area contributed by atoms with Gasteiger partial charge in [0.05, 0.1) is 0 Å². The van der Waals surface area contributed by atoms with Crippen LogP contribution in [-0.2, 0) is 0 Å². The molecule has 0 bridgehead atoms. The molecule has 0 aliphatic heterocycles. The van der Waals surface area contributed by atoms with Gasteiger partial charge in [0.1, 0.15) is 17.1 Å². The number of aromatic nitrogens is 1. The second-order valence-electron chi connectivity index (χ2n) is 2.38. The van der Waals surface area contributed by atoms with Crippen molar-refractivity contribution >= 4 is 5.97 Å². The molecule has 0 unspecified atom stereocenters. The van der Waals surface area contributed by atoms with Gasteiger partial charge in [-0.05, 0) is 6.07 Å². The van der Waals surface area contributed by atoms with E-state index in [4.69, 9.17) is 5.11 Å². The zero-order valence-electron chi connectivity index (χ0n) is 6.55. The van der Waals surface area contributed by atoms with Crippen molar-refractivity contribution in [2.45, 2.75) is 6.43 Å². The molecule has 1 rings (SSSR count). The number of pyridine rings is 1. The summed E-state index contributed by atoms with van der Waals surface area (Å²) < 4.78 is 36.7. The van der Waals surface area contributed by atoms with Crippen molar-refractivity contribution in [3.05, 3.63) is 33.5 Å². The molecule has 0 saturated carbocycles. The molecule has 14 heavy (non-hydrogen) atoms. The van der Waals surface area contributed by atoms with E-state index in [9.17, 15) is 22.8 Å². The van der Waals surface area contributed by atoms with Crippen molar-refractivity contribution in [2.75, 3.05) is 0 Å². The summed E-state index contributed by atoms with van der Waals surface area (Å²) >= 11 is 0. The van der Waals surface area contributed by atoms with Crippen LogP contribution >= 0.6 is 0 Å². The summed E-state index contributed by atoms with van der Waals surface area (Å²) in [6.07, 6.45) is -3.19. The molecule has 76 valence electrons. The molecule has 1 aromatic rings. The summed E-state index contributed by atoms with van der Waals surface area (Å²) in [5.41, 5.74) is -3.37. The number of H-pyrrole nitrogens is 1. The largest absolute Gasteiger partial charge is 0.477 e. The molecule has 1 aromatic heterocycles. The van der Waals surface area contributed by atoms with Crippen LogP contribution in [0.2, 0.25) is 0 Å². The molecule has 1 heterocycles. The summed E-state index contributed by atoms with van der Waals surface area (Å²) in [6, 6.07) is 0.267. The van der Waals surface area contributed by atoms with Crippen molar-refractivity contribution in [3.8, 4) is 0 Å². The lowest BCUT2D eigenvalue weighted by Crippen LogP contribution is -2.20. The minimum atomic E-state index is -3.19. The lowest BCUT2D eigenvalue weighted by atomic mass is 10.2. The van der Waals surface area contributed by atoms with E-state index in [1.54, 1.807) is 0 Å². The number of halogens is 3. The fraction of sp³-hybridized carbons (Fsp3) is 0.143. The van der Waals surface area contributed by atoms with Crippen LogP contribution in [0, 0.1) is 5.82 Å². The zero-order chi connectivity index (χ0) is 10.9. The average molecular weight is 207 g/mol. The van der Waals surface area contributed by atoms with Gasteiger partial charge in [0.2, 0.25) is 0 Å². The minimum absolute atomic E-state index is 0.267. The van der Waals surface area contributed by atoms with Crippen molar-refractivity contribution in [2.24, 2.45) is 0 Å². The number of nitrogens with one attached hydrogen (secondary N) is 1. The van der Waals surface area contributed by atoms with Gasteiger partial charge in [0, 0.05) is 0 Å². The Labute approximate surface area is 75.0 Å². The SMILES string of the molecule is O=C(O)c1cc(F)c(C(F)F)[nH]c1=O. The minimum Gasteiger partial charge on any atom is -0.477 e. The highest BCUT2D eigenvalue weighted by Gasteiger charge is 2.19. The van der Waals surface area contributed by atoms with Gasteiger partial charge in [-0.15, -0.1) is 0 Å². The molecule has 0 radical (unpaired) electrons. The number of carboxylic acids is 1. The summed E-state index contributed by atoms with van der Waals surface area (Å²) in [5, 5.41) is 8.35. The smallest absolute Gasteiger partial charge is 0.341 e. The Hall–Kier alpha value is -1.79. The second kappa shape index (κ2) is 3.52. The van der Waals surface area contributed by atoms with Crippen LogP contribution in [-0.4, -0.2) is 16.1 Å². The highest BCUT2D eigenvalue weighted by Crippen LogP contribution is 2.18. The predicted octanol–water partition coefficient (Wildman–Crippen LogP) is 1.15. The number of aromatic carboxylic acids is 1. The Kier molecular flexibility index (Phi) is 2.59. The molecule has 0 aromatic carbocycles. The van der Waals surface area contributed by atoms with Crippen LogP contribution in [0.3, 0.4) is 0 Å². The number of hydrogen-bond acceptors (Lipinski definition) is 2. The monoisotopic (exact) mass is 207 g/mol. The first-order chi connectivity index (χ1) is 6.43. The maximum Gasteiger partial charge on any atom is 0.341 e.